The molecule has 0 aromatic rings. The summed E-state index contributed by atoms with van der Waals surface area (Å²) in [4.78, 5) is 0. The van der Waals surface area contributed by atoms with Crippen LogP contribution in [0.4, 0.5) is 0 Å². The van der Waals surface area contributed by atoms with Crippen LogP contribution >= 0.6 is 0 Å². The van der Waals surface area contributed by atoms with Gasteiger partial charge in [0.15, 0.2) is 9.04 Å². The van der Waals surface area contributed by atoms with Crippen LogP contribution in [0.25, 0.3) is 0 Å². The van der Waals surface area contributed by atoms with Gasteiger partial charge in [-0.1, -0.05) is 20.8 Å². The maximum atomic E-state index is 6.15. The van der Waals surface area contributed by atoms with Crippen molar-refractivity contribution in [1.82, 2.24) is 5.32 Å². The van der Waals surface area contributed by atoms with E-state index < -0.39 is 9.04 Å². The largest absolute Gasteiger partial charge is 0.415 e. The third-order valence-corrected chi connectivity index (χ3v) is 3.43. The highest BCUT2D eigenvalue weighted by molar-refractivity contribution is 6.48. The second kappa shape index (κ2) is 5.43. The van der Waals surface area contributed by atoms with E-state index in [1.807, 2.05) is 0 Å². The second-order valence-corrected chi connectivity index (χ2v) is 7.98. The highest BCUT2D eigenvalue weighted by Crippen LogP contribution is 2.26. The SMILES string of the molecule is C[SiH](C)OC(C1COCCN1)C(C)(C)C. The van der Waals surface area contributed by atoms with Crippen LogP contribution < -0.4 is 5.32 Å². The van der Waals surface area contributed by atoms with Crippen LogP contribution in [0.15, 0.2) is 0 Å². The lowest BCUT2D eigenvalue weighted by Crippen LogP contribution is -2.55. The van der Waals surface area contributed by atoms with Crippen LogP contribution in [0, 0.1) is 5.41 Å². The average molecular weight is 231 g/mol. The highest BCUT2D eigenvalue weighted by atomic mass is 28.3. The third kappa shape index (κ3) is 4.22. The normalized spacial score (nSPS) is 25.6. The predicted molar refractivity (Wildman–Crippen MR) is 65.8 cm³/mol. The van der Waals surface area contributed by atoms with Gasteiger partial charge >= 0.3 is 0 Å². The van der Waals surface area contributed by atoms with Gasteiger partial charge in [-0.2, -0.15) is 0 Å². The van der Waals surface area contributed by atoms with Crippen LogP contribution in [-0.2, 0) is 9.16 Å². The summed E-state index contributed by atoms with van der Waals surface area (Å²) in [6.45, 7) is 13.7. The summed E-state index contributed by atoms with van der Waals surface area (Å²) in [5, 5.41) is 3.50. The van der Waals surface area contributed by atoms with E-state index in [-0.39, 0.29) is 11.5 Å². The van der Waals surface area contributed by atoms with Crippen molar-refractivity contribution in [1.29, 1.82) is 0 Å². The molecule has 0 saturated carbocycles. The molecule has 0 aromatic heterocycles. The van der Waals surface area contributed by atoms with Crippen LogP contribution in [0.3, 0.4) is 0 Å². The molecule has 2 atom stereocenters. The van der Waals surface area contributed by atoms with Gasteiger partial charge in [-0.05, 0) is 18.5 Å². The van der Waals surface area contributed by atoms with Crippen LogP contribution in [0.1, 0.15) is 20.8 Å². The maximum absolute atomic E-state index is 6.15. The van der Waals surface area contributed by atoms with E-state index in [1.165, 1.54) is 0 Å². The van der Waals surface area contributed by atoms with Gasteiger partial charge in [-0.15, -0.1) is 0 Å². The molecule has 0 amide bonds. The van der Waals surface area contributed by atoms with Crippen LogP contribution in [0.5, 0.6) is 0 Å². The van der Waals surface area contributed by atoms with Gasteiger partial charge in [0.2, 0.25) is 0 Å². The van der Waals surface area contributed by atoms with E-state index in [0.717, 1.165) is 19.8 Å². The van der Waals surface area contributed by atoms with Crippen molar-refractivity contribution < 1.29 is 9.16 Å². The summed E-state index contributed by atoms with van der Waals surface area (Å²) in [7, 11) is -0.995. The first-order chi connectivity index (χ1) is 6.91. The molecule has 0 aliphatic carbocycles. The predicted octanol–water partition coefficient (Wildman–Crippen LogP) is 1.39. The Bertz CT molecular complexity index is 186. The minimum absolute atomic E-state index is 0.176. The molecule has 90 valence electrons. The summed E-state index contributed by atoms with van der Waals surface area (Å²) in [5.74, 6) is 0. The second-order valence-electron chi connectivity index (χ2n) is 5.61. The average Bonchev–Trinajstić information content (AvgIpc) is 2.14. The number of nitrogens with one attached hydrogen (secondary N) is 1. The topological polar surface area (TPSA) is 30.5 Å². The summed E-state index contributed by atoms with van der Waals surface area (Å²) in [6.07, 6.45) is 0.268. The summed E-state index contributed by atoms with van der Waals surface area (Å²) < 4.78 is 11.7. The Morgan fingerprint density at radius 2 is 2.07 bits per heavy atom. The summed E-state index contributed by atoms with van der Waals surface area (Å²) in [6, 6.07) is 0.355. The van der Waals surface area contributed by atoms with Crippen molar-refractivity contribution in [3.63, 3.8) is 0 Å². The first-order valence-electron chi connectivity index (χ1n) is 5.88. The molecule has 1 saturated heterocycles. The fourth-order valence-corrected chi connectivity index (χ4v) is 3.16. The van der Waals surface area contributed by atoms with Crippen molar-refractivity contribution in [3.05, 3.63) is 0 Å². The molecule has 1 aliphatic heterocycles. The van der Waals surface area contributed by atoms with E-state index in [2.05, 4.69) is 39.2 Å². The fourth-order valence-electron chi connectivity index (χ4n) is 1.98. The molecule has 0 aromatic carbocycles. The molecule has 1 N–H and O–H groups in total. The van der Waals surface area contributed by atoms with E-state index in [1.54, 1.807) is 0 Å². The molecule has 0 spiro atoms. The zero-order valence-electron chi connectivity index (χ0n) is 10.7. The quantitative estimate of drug-likeness (QED) is 0.745. The van der Waals surface area contributed by atoms with Gasteiger partial charge in [0.05, 0.1) is 25.4 Å². The minimum atomic E-state index is -0.995. The molecule has 1 rings (SSSR count). The standard InChI is InChI=1S/C11H25NO2Si/c1-11(2,3)10(14-15(4)5)9-8-13-7-6-12-9/h9-10,12,15H,6-8H2,1-5H3. The van der Waals surface area contributed by atoms with Gasteiger partial charge in [0.1, 0.15) is 0 Å². The van der Waals surface area contributed by atoms with E-state index in [0.29, 0.717) is 6.04 Å². The molecular formula is C11H25NO2Si. The lowest BCUT2D eigenvalue weighted by Gasteiger charge is -2.40. The molecule has 4 heteroatoms. The van der Waals surface area contributed by atoms with Crippen molar-refractivity contribution >= 4 is 9.04 Å². The van der Waals surface area contributed by atoms with Crippen LogP contribution in [0.2, 0.25) is 13.1 Å². The molecule has 1 aliphatic rings. The molecule has 0 radical (unpaired) electrons. The zero-order chi connectivity index (χ0) is 11.5. The summed E-state index contributed by atoms with van der Waals surface area (Å²) in [5.41, 5.74) is 0.176. The molecular weight excluding hydrogens is 206 g/mol. The number of hydrogen-bond acceptors (Lipinski definition) is 3. The van der Waals surface area contributed by atoms with Crippen LogP contribution in [-0.4, -0.2) is 40.9 Å². The fraction of sp³-hybridized carbons (Fsp3) is 1.00. The molecule has 1 heterocycles. The smallest absolute Gasteiger partial charge is 0.171 e. The number of hydrogen-bond donors (Lipinski definition) is 1. The zero-order valence-corrected chi connectivity index (χ0v) is 11.8. The molecule has 15 heavy (non-hydrogen) atoms. The van der Waals surface area contributed by atoms with Crippen molar-refractivity contribution in [3.8, 4) is 0 Å². The first-order valence-corrected chi connectivity index (χ1v) is 8.66. The third-order valence-electron chi connectivity index (χ3n) is 2.59. The minimum Gasteiger partial charge on any atom is -0.415 e. The maximum Gasteiger partial charge on any atom is 0.171 e. The van der Waals surface area contributed by atoms with Crippen molar-refractivity contribution in [2.45, 2.75) is 46.0 Å². The first kappa shape index (κ1) is 13.2. The van der Waals surface area contributed by atoms with Gasteiger partial charge in [-0.3, -0.25) is 0 Å². The van der Waals surface area contributed by atoms with E-state index >= 15 is 0 Å². The van der Waals surface area contributed by atoms with E-state index in [9.17, 15) is 0 Å². The Balaban J connectivity index is 2.61. The molecule has 3 nitrogen and oxygen atoms in total. The monoisotopic (exact) mass is 231 g/mol. The number of morpholine rings is 1. The Labute approximate surface area is 95.3 Å². The van der Waals surface area contributed by atoms with Gasteiger partial charge in [-0.25, -0.2) is 0 Å². The Morgan fingerprint density at radius 1 is 1.40 bits per heavy atom. The lowest BCUT2D eigenvalue weighted by atomic mass is 9.84. The molecule has 1 fully saturated rings. The molecule has 2 unspecified atom stereocenters. The highest BCUT2D eigenvalue weighted by Gasteiger charge is 2.34. The summed E-state index contributed by atoms with van der Waals surface area (Å²) >= 11 is 0. The Kier molecular flexibility index (Phi) is 4.77. The number of rotatable bonds is 3. The van der Waals surface area contributed by atoms with E-state index in [4.69, 9.17) is 9.16 Å². The van der Waals surface area contributed by atoms with Crippen molar-refractivity contribution in [2.75, 3.05) is 19.8 Å². The molecule has 0 bridgehead atoms. The van der Waals surface area contributed by atoms with Gasteiger partial charge in [0.25, 0.3) is 0 Å². The van der Waals surface area contributed by atoms with Gasteiger partial charge < -0.3 is 14.5 Å². The Hall–Kier alpha value is 0.0969. The lowest BCUT2D eigenvalue weighted by molar-refractivity contribution is -0.0149. The Morgan fingerprint density at radius 3 is 2.47 bits per heavy atom. The number of ether oxygens (including phenoxy) is 1. The van der Waals surface area contributed by atoms with Gasteiger partial charge in [0, 0.05) is 6.54 Å². The van der Waals surface area contributed by atoms with Crippen molar-refractivity contribution in [2.24, 2.45) is 5.41 Å².